The highest BCUT2D eigenvalue weighted by atomic mass is 16.7. The van der Waals surface area contributed by atoms with Gasteiger partial charge in [0.15, 0.2) is 11.5 Å². The minimum absolute atomic E-state index is 0.0962. The summed E-state index contributed by atoms with van der Waals surface area (Å²) >= 11 is 0. The number of hydrogen-bond acceptors (Lipinski definition) is 5. The molecule has 2 aromatic carbocycles. The molecule has 4 rings (SSSR count). The van der Waals surface area contributed by atoms with Gasteiger partial charge < -0.3 is 14.6 Å². The zero-order valence-corrected chi connectivity index (χ0v) is 15.4. The normalized spacial score (nSPS) is 17.5. The number of carboxylic acid groups (broad SMARTS) is 1. The minimum atomic E-state index is -1.00. The third-order valence-corrected chi connectivity index (χ3v) is 4.85. The van der Waals surface area contributed by atoms with Crippen molar-refractivity contribution in [2.75, 3.05) is 6.79 Å². The SMILES string of the molecule is Cc1cccc(C2=NN(C(=O)CCC(=O)O)[C@@H](c3ccc4c(c3)OCO4)C2)c1. The Balaban J connectivity index is 1.65. The first kappa shape index (κ1) is 18.0. The molecule has 0 aromatic heterocycles. The van der Waals surface area contributed by atoms with Crippen molar-refractivity contribution in [1.29, 1.82) is 0 Å². The molecule has 7 nitrogen and oxygen atoms in total. The molecule has 2 heterocycles. The van der Waals surface area contributed by atoms with Crippen molar-refractivity contribution >= 4 is 17.6 Å². The zero-order chi connectivity index (χ0) is 19.7. The summed E-state index contributed by atoms with van der Waals surface area (Å²) in [6.07, 6.45) is 0.224. The van der Waals surface area contributed by atoms with Gasteiger partial charge in [-0.3, -0.25) is 9.59 Å². The number of amides is 1. The molecule has 0 spiro atoms. The van der Waals surface area contributed by atoms with E-state index in [1.54, 1.807) is 0 Å². The predicted molar refractivity (Wildman–Crippen MR) is 101 cm³/mol. The van der Waals surface area contributed by atoms with Gasteiger partial charge in [-0.25, -0.2) is 5.01 Å². The second-order valence-electron chi connectivity index (χ2n) is 6.88. The van der Waals surface area contributed by atoms with E-state index in [1.165, 1.54) is 5.01 Å². The molecule has 2 aromatic rings. The van der Waals surface area contributed by atoms with Crippen molar-refractivity contribution in [2.45, 2.75) is 32.2 Å². The van der Waals surface area contributed by atoms with Gasteiger partial charge in [0.05, 0.1) is 18.2 Å². The van der Waals surface area contributed by atoms with E-state index in [-0.39, 0.29) is 31.6 Å². The highest BCUT2D eigenvalue weighted by molar-refractivity contribution is 6.03. The van der Waals surface area contributed by atoms with Crippen LogP contribution in [0, 0.1) is 6.92 Å². The van der Waals surface area contributed by atoms with E-state index in [2.05, 4.69) is 5.10 Å². The lowest BCUT2D eigenvalue weighted by Crippen LogP contribution is -2.27. The molecule has 7 heteroatoms. The largest absolute Gasteiger partial charge is 0.481 e. The van der Waals surface area contributed by atoms with Crippen molar-refractivity contribution in [3.63, 3.8) is 0 Å². The summed E-state index contributed by atoms with van der Waals surface area (Å²) in [5.41, 5.74) is 3.74. The van der Waals surface area contributed by atoms with Gasteiger partial charge in [0.2, 0.25) is 12.7 Å². The van der Waals surface area contributed by atoms with Gasteiger partial charge in [-0.15, -0.1) is 0 Å². The fraction of sp³-hybridized carbons (Fsp3) is 0.286. The van der Waals surface area contributed by atoms with Crippen molar-refractivity contribution in [2.24, 2.45) is 5.10 Å². The monoisotopic (exact) mass is 380 g/mol. The first-order chi connectivity index (χ1) is 13.5. The van der Waals surface area contributed by atoms with E-state index in [0.717, 1.165) is 22.4 Å². The molecule has 1 atom stereocenters. The Bertz CT molecular complexity index is 969. The van der Waals surface area contributed by atoms with Gasteiger partial charge in [-0.05, 0) is 30.2 Å². The fourth-order valence-corrected chi connectivity index (χ4v) is 3.45. The fourth-order valence-electron chi connectivity index (χ4n) is 3.45. The number of hydrazone groups is 1. The number of hydrogen-bond donors (Lipinski definition) is 1. The van der Waals surface area contributed by atoms with Gasteiger partial charge in [0, 0.05) is 12.8 Å². The molecule has 0 aliphatic carbocycles. The van der Waals surface area contributed by atoms with E-state index in [0.29, 0.717) is 17.9 Å². The third kappa shape index (κ3) is 3.55. The van der Waals surface area contributed by atoms with Crippen LogP contribution in [0.5, 0.6) is 11.5 Å². The molecule has 2 aliphatic heterocycles. The average Bonchev–Trinajstić information content (AvgIpc) is 3.32. The quantitative estimate of drug-likeness (QED) is 0.860. The second-order valence-corrected chi connectivity index (χ2v) is 6.88. The lowest BCUT2D eigenvalue weighted by Gasteiger charge is -2.22. The average molecular weight is 380 g/mol. The maximum Gasteiger partial charge on any atom is 0.303 e. The number of aryl methyl sites for hydroxylation is 1. The van der Waals surface area contributed by atoms with E-state index in [4.69, 9.17) is 14.6 Å². The zero-order valence-electron chi connectivity index (χ0n) is 15.4. The van der Waals surface area contributed by atoms with Crippen LogP contribution < -0.4 is 9.47 Å². The van der Waals surface area contributed by atoms with Crippen molar-refractivity contribution in [3.05, 3.63) is 59.2 Å². The molecular formula is C21H20N2O5. The summed E-state index contributed by atoms with van der Waals surface area (Å²) in [5, 5.41) is 14.9. The standard InChI is InChI=1S/C21H20N2O5/c1-13-3-2-4-14(9-13)16-11-17(23(22-16)20(24)7-8-21(25)26)15-5-6-18-19(10-15)28-12-27-18/h2-6,9-10,17H,7-8,11-12H2,1H3,(H,25,26)/t17-/m1/s1. The van der Waals surface area contributed by atoms with Crippen LogP contribution in [0.3, 0.4) is 0 Å². The lowest BCUT2D eigenvalue weighted by molar-refractivity contribution is -0.141. The number of benzene rings is 2. The molecule has 1 N–H and O–H groups in total. The number of aliphatic carboxylic acids is 1. The molecule has 0 bridgehead atoms. The Morgan fingerprint density at radius 2 is 1.96 bits per heavy atom. The van der Waals surface area contributed by atoms with Crippen LogP contribution in [0.2, 0.25) is 0 Å². The topological polar surface area (TPSA) is 88.4 Å². The molecule has 0 radical (unpaired) electrons. The smallest absolute Gasteiger partial charge is 0.303 e. The van der Waals surface area contributed by atoms with Gasteiger partial charge in [0.25, 0.3) is 0 Å². The molecule has 2 aliphatic rings. The van der Waals surface area contributed by atoms with E-state index in [1.807, 2.05) is 49.4 Å². The van der Waals surface area contributed by atoms with Gasteiger partial charge in [-0.1, -0.05) is 35.9 Å². The molecule has 0 unspecified atom stereocenters. The molecule has 144 valence electrons. The number of nitrogens with zero attached hydrogens (tertiary/aromatic N) is 2. The van der Waals surface area contributed by atoms with Crippen LogP contribution >= 0.6 is 0 Å². The van der Waals surface area contributed by atoms with Gasteiger partial charge in [0.1, 0.15) is 0 Å². The number of carboxylic acids is 1. The molecule has 0 fully saturated rings. The predicted octanol–water partition coefficient (Wildman–Crippen LogP) is 3.27. The summed E-state index contributed by atoms with van der Waals surface area (Å²) in [5.74, 6) is -0.00690. The van der Waals surface area contributed by atoms with E-state index >= 15 is 0 Å². The highest BCUT2D eigenvalue weighted by Gasteiger charge is 2.34. The van der Waals surface area contributed by atoms with Crippen molar-refractivity contribution in [3.8, 4) is 11.5 Å². The summed E-state index contributed by atoms with van der Waals surface area (Å²) in [6, 6.07) is 13.2. The van der Waals surface area contributed by atoms with Crippen molar-refractivity contribution < 1.29 is 24.2 Å². The van der Waals surface area contributed by atoms with Crippen molar-refractivity contribution in [1.82, 2.24) is 5.01 Å². The first-order valence-corrected chi connectivity index (χ1v) is 9.09. The van der Waals surface area contributed by atoms with Crippen LogP contribution in [-0.2, 0) is 9.59 Å². The summed E-state index contributed by atoms with van der Waals surface area (Å²) in [4.78, 5) is 23.6. The molecule has 1 amide bonds. The van der Waals surface area contributed by atoms with Crippen LogP contribution in [0.4, 0.5) is 0 Å². The van der Waals surface area contributed by atoms with Crippen LogP contribution in [0.15, 0.2) is 47.6 Å². The van der Waals surface area contributed by atoms with Crippen LogP contribution in [-0.4, -0.2) is 34.5 Å². The maximum absolute atomic E-state index is 12.7. The number of carbonyl (C=O) groups is 2. The van der Waals surface area contributed by atoms with Crippen LogP contribution in [0.1, 0.15) is 42.0 Å². The Labute approximate surface area is 162 Å². The maximum atomic E-state index is 12.7. The van der Waals surface area contributed by atoms with Gasteiger partial charge >= 0.3 is 5.97 Å². The number of rotatable bonds is 5. The Morgan fingerprint density at radius 3 is 2.75 bits per heavy atom. The minimum Gasteiger partial charge on any atom is -0.481 e. The Morgan fingerprint density at radius 1 is 1.14 bits per heavy atom. The first-order valence-electron chi connectivity index (χ1n) is 9.09. The molecule has 0 saturated carbocycles. The van der Waals surface area contributed by atoms with E-state index in [9.17, 15) is 9.59 Å². The number of carbonyl (C=O) groups excluding carboxylic acids is 1. The summed E-state index contributed by atoms with van der Waals surface area (Å²) in [7, 11) is 0. The number of ether oxygens (including phenoxy) is 2. The second kappa shape index (κ2) is 7.34. The Kier molecular flexibility index (Phi) is 4.73. The molecule has 28 heavy (non-hydrogen) atoms. The molecule has 0 saturated heterocycles. The highest BCUT2D eigenvalue weighted by Crippen LogP contribution is 2.39. The molecular weight excluding hydrogens is 360 g/mol. The summed E-state index contributed by atoms with van der Waals surface area (Å²) < 4.78 is 10.8. The summed E-state index contributed by atoms with van der Waals surface area (Å²) in [6.45, 7) is 2.18. The van der Waals surface area contributed by atoms with Gasteiger partial charge in [-0.2, -0.15) is 5.10 Å². The third-order valence-electron chi connectivity index (χ3n) is 4.85. The van der Waals surface area contributed by atoms with E-state index < -0.39 is 5.97 Å². The van der Waals surface area contributed by atoms with Crippen LogP contribution in [0.25, 0.3) is 0 Å². The Hall–Kier alpha value is -3.35. The lowest BCUT2D eigenvalue weighted by atomic mass is 9.97. The number of fused-ring (bicyclic) bond motifs is 1.